The molecular formula is C27H34N4O5. The van der Waals surface area contributed by atoms with E-state index in [1.54, 1.807) is 0 Å². The van der Waals surface area contributed by atoms with Crippen LogP contribution in [0, 0.1) is 5.92 Å². The monoisotopic (exact) mass is 494 g/mol. The van der Waals surface area contributed by atoms with Gasteiger partial charge in [-0.15, -0.1) is 0 Å². The molecule has 9 heteroatoms. The van der Waals surface area contributed by atoms with E-state index < -0.39 is 29.4 Å². The lowest BCUT2D eigenvalue weighted by molar-refractivity contribution is -0.138. The molecule has 1 atom stereocenters. The first kappa shape index (κ1) is 26.7. The number of imidazole rings is 1. The maximum absolute atomic E-state index is 13.3. The number of amides is 2. The first-order chi connectivity index (χ1) is 17.4. The van der Waals surface area contributed by atoms with Crippen LogP contribution in [0.1, 0.15) is 50.7 Å². The van der Waals surface area contributed by atoms with Crippen molar-refractivity contribution < 1.29 is 19.5 Å². The second kappa shape index (κ2) is 13.3. The Balaban J connectivity index is 1.83. The van der Waals surface area contributed by atoms with Crippen molar-refractivity contribution in [1.29, 1.82) is 0 Å². The summed E-state index contributed by atoms with van der Waals surface area (Å²) in [6.45, 7) is 4.11. The molecule has 0 aliphatic carbocycles. The summed E-state index contributed by atoms with van der Waals surface area (Å²) in [6, 6.07) is 18.1. The molecule has 0 aliphatic heterocycles. The zero-order valence-electron chi connectivity index (χ0n) is 20.7. The van der Waals surface area contributed by atoms with Crippen LogP contribution in [0.4, 0.5) is 0 Å². The molecule has 3 rings (SSSR count). The van der Waals surface area contributed by atoms with E-state index in [1.165, 1.54) is 0 Å². The quantitative estimate of drug-likeness (QED) is 0.315. The Morgan fingerprint density at radius 2 is 1.67 bits per heavy atom. The van der Waals surface area contributed by atoms with Crippen molar-refractivity contribution in [3.63, 3.8) is 0 Å². The summed E-state index contributed by atoms with van der Waals surface area (Å²) in [7, 11) is 0. The van der Waals surface area contributed by atoms with Crippen molar-refractivity contribution in [2.45, 2.75) is 58.6 Å². The van der Waals surface area contributed by atoms with Crippen molar-refractivity contribution in [2.24, 2.45) is 5.92 Å². The second-order valence-electron chi connectivity index (χ2n) is 9.07. The van der Waals surface area contributed by atoms with Gasteiger partial charge in [0.2, 0.25) is 11.8 Å². The Labute approximate surface area is 210 Å². The van der Waals surface area contributed by atoms with Gasteiger partial charge < -0.3 is 10.1 Å². The van der Waals surface area contributed by atoms with E-state index in [0.29, 0.717) is 19.3 Å². The lowest BCUT2D eigenvalue weighted by Crippen LogP contribution is -2.57. The van der Waals surface area contributed by atoms with E-state index in [4.69, 9.17) is 4.84 Å². The van der Waals surface area contributed by atoms with Gasteiger partial charge in [-0.05, 0) is 42.7 Å². The largest absolute Gasteiger partial charge is 0.492 e. The Bertz CT molecular complexity index is 1160. The molecule has 0 fully saturated rings. The number of aromatic amines is 1. The SMILES string of the molecule is CC(C)CCC(=O)N([C@@H](CCCc1ccccc1)C(=O)NOCc1ccccc1)n1c(O)c[nH]c1=O. The highest BCUT2D eigenvalue weighted by Crippen LogP contribution is 2.17. The fourth-order valence-electron chi connectivity index (χ4n) is 3.85. The van der Waals surface area contributed by atoms with E-state index in [1.807, 2.05) is 74.5 Å². The van der Waals surface area contributed by atoms with Crippen molar-refractivity contribution in [3.8, 4) is 5.88 Å². The number of aromatic nitrogens is 2. The third-order valence-corrected chi connectivity index (χ3v) is 5.78. The summed E-state index contributed by atoms with van der Waals surface area (Å²) in [5, 5.41) is 11.4. The average molecular weight is 495 g/mol. The third-order valence-electron chi connectivity index (χ3n) is 5.78. The molecule has 9 nitrogen and oxygen atoms in total. The summed E-state index contributed by atoms with van der Waals surface area (Å²) >= 11 is 0. The number of nitrogens with zero attached hydrogens (tertiary/aromatic N) is 2. The molecule has 0 saturated heterocycles. The maximum atomic E-state index is 13.3. The standard InChI is InChI=1S/C27H34N4O5/c1-20(2)16-17-24(32)30(31-25(33)18-28-27(31)35)23(15-9-14-21-10-5-3-6-11-21)26(34)29-36-19-22-12-7-4-8-13-22/h3-8,10-13,18,20,23,33H,9,14-17,19H2,1-2H3,(H,28,35)(H,29,34)/t23-/m0/s1. The first-order valence-electron chi connectivity index (χ1n) is 12.2. The zero-order chi connectivity index (χ0) is 25.9. The van der Waals surface area contributed by atoms with Crippen LogP contribution in [0.25, 0.3) is 0 Å². The fraction of sp³-hybridized carbons (Fsp3) is 0.370. The molecule has 3 N–H and O–H groups in total. The Kier molecular flexibility index (Phi) is 9.88. The summed E-state index contributed by atoms with van der Waals surface area (Å²) in [6.07, 6.45) is 3.27. The van der Waals surface area contributed by atoms with E-state index in [0.717, 1.165) is 27.0 Å². The number of H-pyrrole nitrogens is 1. The number of hydroxylamine groups is 1. The van der Waals surface area contributed by atoms with Crippen LogP contribution in [-0.2, 0) is 27.5 Å². The Morgan fingerprint density at radius 1 is 1.03 bits per heavy atom. The van der Waals surface area contributed by atoms with Crippen molar-refractivity contribution in [1.82, 2.24) is 15.1 Å². The van der Waals surface area contributed by atoms with Crippen LogP contribution in [0.15, 0.2) is 71.7 Å². The van der Waals surface area contributed by atoms with E-state index in [-0.39, 0.29) is 25.4 Å². The summed E-state index contributed by atoms with van der Waals surface area (Å²) in [5.41, 5.74) is 3.69. The molecule has 0 bridgehead atoms. The average Bonchev–Trinajstić information content (AvgIpc) is 3.20. The smallest absolute Gasteiger partial charge is 0.347 e. The summed E-state index contributed by atoms with van der Waals surface area (Å²) in [5.74, 6) is -1.23. The fourth-order valence-corrected chi connectivity index (χ4v) is 3.85. The lowest BCUT2D eigenvalue weighted by atomic mass is 10.0. The molecule has 1 aromatic heterocycles. The van der Waals surface area contributed by atoms with Crippen molar-refractivity contribution in [3.05, 3.63) is 88.5 Å². The van der Waals surface area contributed by atoms with Crippen LogP contribution in [-0.4, -0.2) is 32.6 Å². The van der Waals surface area contributed by atoms with Gasteiger partial charge in [0.15, 0.2) is 0 Å². The number of aryl methyl sites for hydroxylation is 1. The molecule has 1 heterocycles. The van der Waals surface area contributed by atoms with Crippen LogP contribution in [0.5, 0.6) is 5.88 Å². The molecular weight excluding hydrogens is 460 g/mol. The van der Waals surface area contributed by atoms with Gasteiger partial charge in [-0.2, -0.15) is 4.68 Å². The molecule has 2 aromatic carbocycles. The minimum atomic E-state index is -1.08. The van der Waals surface area contributed by atoms with Crippen molar-refractivity contribution >= 4 is 11.8 Å². The Hall–Kier alpha value is -3.85. The summed E-state index contributed by atoms with van der Waals surface area (Å²) in [4.78, 5) is 47.0. The zero-order valence-corrected chi connectivity index (χ0v) is 20.7. The number of hydrogen-bond acceptors (Lipinski definition) is 5. The predicted octanol–water partition coefficient (Wildman–Crippen LogP) is 3.42. The number of carbonyl (C=O) groups excluding carboxylic acids is 2. The number of nitrogens with one attached hydrogen (secondary N) is 2. The van der Waals surface area contributed by atoms with Crippen LogP contribution in [0.3, 0.4) is 0 Å². The molecule has 0 aliphatic rings. The number of carbonyl (C=O) groups is 2. The molecule has 0 unspecified atom stereocenters. The van der Waals surface area contributed by atoms with Gasteiger partial charge in [0.25, 0.3) is 5.91 Å². The van der Waals surface area contributed by atoms with Gasteiger partial charge in [-0.1, -0.05) is 74.5 Å². The predicted molar refractivity (Wildman–Crippen MR) is 137 cm³/mol. The molecule has 36 heavy (non-hydrogen) atoms. The minimum Gasteiger partial charge on any atom is -0.492 e. The minimum absolute atomic E-state index is 0.113. The number of benzene rings is 2. The van der Waals surface area contributed by atoms with E-state index >= 15 is 0 Å². The van der Waals surface area contributed by atoms with Crippen molar-refractivity contribution in [2.75, 3.05) is 5.01 Å². The van der Waals surface area contributed by atoms with Gasteiger partial charge in [-0.3, -0.25) is 14.4 Å². The highest BCUT2D eigenvalue weighted by atomic mass is 16.7. The summed E-state index contributed by atoms with van der Waals surface area (Å²) < 4.78 is 0.826. The van der Waals surface area contributed by atoms with E-state index in [2.05, 4.69) is 10.5 Å². The molecule has 0 radical (unpaired) electrons. The topological polar surface area (TPSA) is 117 Å². The molecule has 192 valence electrons. The maximum Gasteiger partial charge on any atom is 0.347 e. The molecule has 0 spiro atoms. The Morgan fingerprint density at radius 3 is 2.25 bits per heavy atom. The van der Waals surface area contributed by atoms with Crippen LogP contribution in [0.2, 0.25) is 0 Å². The third kappa shape index (κ3) is 7.58. The second-order valence-corrected chi connectivity index (χ2v) is 9.07. The first-order valence-corrected chi connectivity index (χ1v) is 12.2. The number of hydrogen-bond donors (Lipinski definition) is 3. The molecule has 3 aromatic rings. The highest BCUT2D eigenvalue weighted by Gasteiger charge is 2.34. The van der Waals surface area contributed by atoms with E-state index in [9.17, 15) is 19.5 Å². The normalized spacial score (nSPS) is 11.9. The number of aromatic hydroxyl groups is 1. The van der Waals surface area contributed by atoms with Gasteiger partial charge >= 0.3 is 5.69 Å². The highest BCUT2D eigenvalue weighted by molar-refractivity contribution is 5.95. The van der Waals surface area contributed by atoms with Gasteiger partial charge in [0, 0.05) is 6.42 Å². The van der Waals surface area contributed by atoms with Crippen LogP contribution >= 0.6 is 0 Å². The lowest BCUT2D eigenvalue weighted by Gasteiger charge is -2.31. The number of rotatable bonds is 13. The van der Waals surface area contributed by atoms with Gasteiger partial charge in [0.05, 0.1) is 12.8 Å². The van der Waals surface area contributed by atoms with Gasteiger partial charge in [0.1, 0.15) is 6.04 Å². The van der Waals surface area contributed by atoms with Crippen LogP contribution < -0.4 is 16.2 Å². The molecule has 2 amide bonds. The molecule has 0 saturated carbocycles. The van der Waals surface area contributed by atoms with Gasteiger partial charge in [-0.25, -0.2) is 15.3 Å².